The molecule has 228 valence electrons. The van der Waals surface area contributed by atoms with Crippen molar-refractivity contribution in [2.24, 2.45) is 0 Å². The van der Waals surface area contributed by atoms with Gasteiger partial charge in [0.1, 0.15) is 0 Å². The van der Waals surface area contributed by atoms with Crippen molar-refractivity contribution in [3.05, 3.63) is 138 Å². The standard InChI is InChI=1S/C43H37BN2S/c1-26(2)29-18-20-33-36(24-29)45(31-12-7-6-8-13-31)38-22-28(5)23-39-43(38)44(33)34-21-19-30(27(3)4)25-37(34)46(39)35-15-11-17-41-42(35)32-14-9-10-16-40(32)47-41/h6-27H,1-5H3. The molecule has 3 heterocycles. The van der Waals surface area contributed by atoms with Crippen LogP contribution in [0.5, 0.6) is 0 Å². The van der Waals surface area contributed by atoms with E-state index in [1.165, 1.54) is 87.4 Å². The van der Waals surface area contributed by atoms with Gasteiger partial charge in [0.15, 0.2) is 0 Å². The van der Waals surface area contributed by atoms with Gasteiger partial charge < -0.3 is 9.80 Å². The topological polar surface area (TPSA) is 6.48 Å². The summed E-state index contributed by atoms with van der Waals surface area (Å²) in [6.45, 7) is 11.6. The van der Waals surface area contributed by atoms with Crippen LogP contribution < -0.4 is 26.2 Å². The molecule has 0 unspecified atom stereocenters. The summed E-state index contributed by atoms with van der Waals surface area (Å²) in [5.74, 6) is 0.867. The minimum Gasteiger partial charge on any atom is -0.311 e. The van der Waals surface area contributed by atoms with Gasteiger partial charge in [0.2, 0.25) is 0 Å². The molecule has 47 heavy (non-hydrogen) atoms. The van der Waals surface area contributed by atoms with E-state index in [2.05, 4.69) is 166 Å². The molecule has 0 saturated carbocycles. The lowest BCUT2D eigenvalue weighted by Crippen LogP contribution is -2.61. The maximum Gasteiger partial charge on any atom is 0.252 e. The van der Waals surface area contributed by atoms with E-state index in [0.717, 1.165) is 0 Å². The van der Waals surface area contributed by atoms with Gasteiger partial charge in [-0.1, -0.05) is 94.4 Å². The minimum atomic E-state index is 0.127. The van der Waals surface area contributed by atoms with Gasteiger partial charge in [0.05, 0.1) is 5.69 Å². The van der Waals surface area contributed by atoms with Crippen LogP contribution in [0.3, 0.4) is 0 Å². The fourth-order valence-corrected chi connectivity index (χ4v) is 9.06. The SMILES string of the molecule is Cc1cc2c3c(c1)N(c1cccc4sc5ccccc5c14)c1cc(C(C)C)ccc1B3c1ccc(C(C)C)cc1N2c1ccccc1. The van der Waals surface area contributed by atoms with E-state index >= 15 is 0 Å². The Morgan fingerprint density at radius 1 is 0.532 bits per heavy atom. The third-order valence-corrected chi connectivity index (χ3v) is 11.4. The summed E-state index contributed by atoms with van der Waals surface area (Å²) in [6.07, 6.45) is 0. The van der Waals surface area contributed by atoms with Crippen LogP contribution in [-0.2, 0) is 0 Å². The van der Waals surface area contributed by atoms with E-state index in [1.54, 1.807) is 0 Å². The molecule has 0 saturated heterocycles. The van der Waals surface area contributed by atoms with Crippen LogP contribution >= 0.6 is 11.3 Å². The first-order valence-electron chi connectivity index (χ1n) is 16.9. The molecule has 0 fully saturated rings. The molecule has 2 aliphatic rings. The summed E-state index contributed by atoms with van der Waals surface area (Å²) in [6, 6.07) is 46.0. The molecule has 4 heteroatoms. The summed E-state index contributed by atoms with van der Waals surface area (Å²) in [5, 5.41) is 2.66. The Balaban J connectivity index is 1.42. The van der Waals surface area contributed by atoms with Crippen LogP contribution in [-0.4, -0.2) is 6.71 Å². The Morgan fingerprint density at radius 3 is 1.81 bits per heavy atom. The van der Waals surface area contributed by atoms with E-state index in [9.17, 15) is 0 Å². The molecular formula is C43H37BN2S. The van der Waals surface area contributed by atoms with Gasteiger partial charge in [-0.3, -0.25) is 0 Å². The van der Waals surface area contributed by atoms with E-state index in [1.807, 2.05) is 11.3 Å². The molecule has 2 nitrogen and oxygen atoms in total. The van der Waals surface area contributed by atoms with Crippen molar-refractivity contribution >= 4 is 88.7 Å². The number of aryl methyl sites for hydroxylation is 1. The van der Waals surface area contributed by atoms with Gasteiger partial charge in [0.25, 0.3) is 6.71 Å². The van der Waals surface area contributed by atoms with Gasteiger partial charge in [-0.15, -0.1) is 11.3 Å². The lowest BCUT2D eigenvalue weighted by Gasteiger charge is -2.45. The monoisotopic (exact) mass is 624 g/mol. The maximum absolute atomic E-state index is 2.60. The first-order chi connectivity index (χ1) is 22.9. The number of fused-ring (bicyclic) bond motifs is 7. The lowest BCUT2D eigenvalue weighted by atomic mass is 9.33. The van der Waals surface area contributed by atoms with E-state index in [4.69, 9.17) is 0 Å². The summed E-state index contributed by atoms with van der Waals surface area (Å²) in [5.41, 5.74) is 15.7. The number of benzene rings is 6. The molecule has 0 bridgehead atoms. The molecule has 0 N–H and O–H groups in total. The molecular weight excluding hydrogens is 587 g/mol. The number of nitrogens with zero attached hydrogens (tertiary/aromatic N) is 2. The van der Waals surface area contributed by atoms with Crippen molar-refractivity contribution in [2.45, 2.75) is 46.5 Å². The lowest BCUT2D eigenvalue weighted by molar-refractivity contribution is 0.866. The summed E-state index contributed by atoms with van der Waals surface area (Å²) < 4.78 is 2.66. The van der Waals surface area contributed by atoms with Crippen LogP contribution in [0.25, 0.3) is 20.2 Å². The third-order valence-electron chi connectivity index (χ3n) is 10.2. The maximum atomic E-state index is 2.60. The smallest absolute Gasteiger partial charge is 0.252 e. The van der Waals surface area contributed by atoms with Gasteiger partial charge in [-0.25, -0.2) is 0 Å². The number of rotatable bonds is 4. The third kappa shape index (κ3) is 4.24. The summed E-state index contributed by atoms with van der Waals surface area (Å²) >= 11 is 1.89. The molecule has 6 aromatic carbocycles. The second kappa shape index (κ2) is 10.6. The molecule has 2 aliphatic heterocycles. The Labute approximate surface area is 282 Å². The first-order valence-corrected chi connectivity index (χ1v) is 17.7. The fraction of sp³-hybridized carbons (Fsp3) is 0.163. The zero-order chi connectivity index (χ0) is 32.0. The molecule has 1 aromatic heterocycles. The van der Waals surface area contributed by atoms with Crippen LogP contribution in [0.2, 0.25) is 0 Å². The normalized spacial score (nSPS) is 13.5. The Hall–Kier alpha value is -4.80. The highest BCUT2D eigenvalue weighted by atomic mass is 32.1. The average molecular weight is 625 g/mol. The number of hydrogen-bond acceptors (Lipinski definition) is 3. The minimum absolute atomic E-state index is 0.127. The van der Waals surface area contributed by atoms with Crippen molar-refractivity contribution in [3.8, 4) is 0 Å². The van der Waals surface area contributed by atoms with E-state index in [-0.39, 0.29) is 6.71 Å². The number of para-hydroxylation sites is 1. The highest BCUT2D eigenvalue weighted by Crippen LogP contribution is 2.48. The molecule has 0 atom stereocenters. The highest BCUT2D eigenvalue weighted by Gasteiger charge is 2.44. The Morgan fingerprint density at radius 2 is 1.13 bits per heavy atom. The molecule has 7 aromatic rings. The zero-order valence-electron chi connectivity index (χ0n) is 27.6. The molecule has 9 rings (SSSR count). The quantitative estimate of drug-likeness (QED) is 0.180. The van der Waals surface area contributed by atoms with Crippen LogP contribution in [0.4, 0.5) is 34.1 Å². The van der Waals surface area contributed by atoms with Crippen LogP contribution in [0.1, 0.15) is 56.2 Å². The van der Waals surface area contributed by atoms with E-state index < -0.39 is 0 Å². The van der Waals surface area contributed by atoms with Crippen LogP contribution in [0, 0.1) is 6.92 Å². The largest absolute Gasteiger partial charge is 0.311 e. The van der Waals surface area contributed by atoms with Crippen molar-refractivity contribution in [2.75, 3.05) is 9.80 Å². The van der Waals surface area contributed by atoms with Gasteiger partial charge in [-0.2, -0.15) is 0 Å². The zero-order valence-corrected chi connectivity index (χ0v) is 28.4. The van der Waals surface area contributed by atoms with Crippen LogP contribution in [0.15, 0.2) is 121 Å². The predicted molar refractivity (Wildman–Crippen MR) is 206 cm³/mol. The van der Waals surface area contributed by atoms with Crippen molar-refractivity contribution in [3.63, 3.8) is 0 Å². The molecule has 0 radical (unpaired) electrons. The molecule has 0 aliphatic carbocycles. The Kier molecular flexibility index (Phi) is 6.42. The second-order valence-corrected chi connectivity index (χ2v) is 14.9. The van der Waals surface area contributed by atoms with Gasteiger partial charge in [0, 0.05) is 48.6 Å². The molecule has 0 amide bonds. The van der Waals surface area contributed by atoms with E-state index in [0.29, 0.717) is 11.8 Å². The molecule has 0 spiro atoms. The number of thiophene rings is 1. The number of anilines is 6. The second-order valence-electron chi connectivity index (χ2n) is 13.9. The van der Waals surface area contributed by atoms with Crippen molar-refractivity contribution in [1.29, 1.82) is 0 Å². The van der Waals surface area contributed by atoms with Gasteiger partial charge >= 0.3 is 0 Å². The first kappa shape index (κ1) is 28.4. The number of hydrogen-bond donors (Lipinski definition) is 0. The highest BCUT2D eigenvalue weighted by molar-refractivity contribution is 7.26. The van der Waals surface area contributed by atoms with Crippen molar-refractivity contribution < 1.29 is 0 Å². The Bertz CT molecular complexity index is 2350. The van der Waals surface area contributed by atoms with Gasteiger partial charge in [-0.05, 0) is 106 Å². The fourth-order valence-electron chi connectivity index (χ4n) is 7.94. The predicted octanol–water partition coefficient (Wildman–Crippen LogP) is 10.7. The summed E-state index contributed by atoms with van der Waals surface area (Å²) in [4.78, 5) is 5.12. The summed E-state index contributed by atoms with van der Waals surface area (Å²) in [7, 11) is 0. The average Bonchev–Trinajstić information content (AvgIpc) is 3.47. The van der Waals surface area contributed by atoms with Crippen molar-refractivity contribution in [1.82, 2.24) is 0 Å².